The smallest absolute Gasteiger partial charge is 0.165 e. The summed E-state index contributed by atoms with van der Waals surface area (Å²) in [5, 5.41) is 3.28. The van der Waals surface area contributed by atoms with Gasteiger partial charge in [0.25, 0.3) is 0 Å². The van der Waals surface area contributed by atoms with E-state index in [0.717, 1.165) is 29.7 Å². The number of ether oxygens (including phenoxy) is 1. The summed E-state index contributed by atoms with van der Waals surface area (Å²) in [6, 6.07) is 13.1. The van der Waals surface area contributed by atoms with Crippen molar-refractivity contribution in [1.29, 1.82) is 0 Å². The number of hydrogen-bond acceptors (Lipinski definition) is 2. The second kappa shape index (κ2) is 7.79. The van der Waals surface area contributed by atoms with E-state index in [0.29, 0.717) is 18.9 Å². The Hall–Kier alpha value is -1.87. The second-order valence-corrected chi connectivity index (χ2v) is 5.12. The minimum absolute atomic E-state index is 0.306. The Morgan fingerprint density at radius 1 is 1.05 bits per heavy atom. The molecule has 0 saturated heterocycles. The first-order valence-corrected chi connectivity index (χ1v) is 7.37. The van der Waals surface area contributed by atoms with Gasteiger partial charge in [-0.15, -0.1) is 0 Å². The van der Waals surface area contributed by atoms with Crippen LogP contribution in [0.5, 0.6) is 5.75 Å². The fourth-order valence-corrected chi connectivity index (χ4v) is 2.18. The lowest BCUT2D eigenvalue weighted by molar-refractivity contribution is 0.285. The average Bonchev–Trinajstić information content (AvgIpc) is 2.48. The van der Waals surface area contributed by atoms with Gasteiger partial charge in [-0.25, -0.2) is 4.39 Å². The Balaban J connectivity index is 2.09. The number of rotatable bonds is 7. The van der Waals surface area contributed by atoms with E-state index in [4.69, 9.17) is 4.74 Å². The summed E-state index contributed by atoms with van der Waals surface area (Å²) >= 11 is 0. The SMILES string of the molecule is CCCNCc1cccc(F)c1OCc1ccccc1C. The third-order valence-electron chi connectivity index (χ3n) is 3.42. The van der Waals surface area contributed by atoms with Gasteiger partial charge in [0.15, 0.2) is 11.6 Å². The summed E-state index contributed by atoms with van der Waals surface area (Å²) in [6.07, 6.45) is 1.05. The van der Waals surface area contributed by atoms with E-state index in [2.05, 4.69) is 12.2 Å². The summed E-state index contributed by atoms with van der Waals surface area (Å²) in [5.41, 5.74) is 3.09. The zero-order chi connectivity index (χ0) is 15.1. The van der Waals surface area contributed by atoms with Crippen LogP contribution in [-0.2, 0) is 13.2 Å². The highest BCUT2D eigenvalue weighted by Crippen LogP contribution is 2.24. The van der Waals surface area contributed by atoms with Crippen LogP contribution in [0.15, 0.2) is 42.5 Å². The van der Waals surface area contributed by atoms with Gasteiger partial charge in [0.1, 0.15) is 6.61 Å². The van der Waals surface area contributed by atoms with Crippen molar-refractivity contribution in [3.63, 3.8) is 0 Å². The lowest BCUT2D eigenvalue weighted by Crippen LogP contribution is -2.15. The van der Waals surface area contributed by atoms with Crippen LogP contribution in [0.3, 0.4) is 0 Å². The fourth-order valence-electron chi connectivity index (χ4n) is 2.18. The minimum Gasteiger partial charge on any atom is -0.485 e. The van der Waals surface area contributed by atoms with Gasteiger partial charge in [-0.1, -0.05) is 43.3 Å². The Kier molecular flexibility index (Phi) is 5.76. The van der Waals surface area contributed by atoms with Crippen LogP contribution < -0.4 is 10.1 Å². The van der Waals surface area contributed by atoms with Crippen LogP contribution in [0, 0.1) is 12.7 Å². The highest BCUT2D eigenvalue weighted by Gasteiger charge is 2.10. The molecule has 0 amide bonds. The normalized spacial score (nSPS) is 10.6. The molecule has 0 spiro atoms. The third kappa shape index (κ3) is 4.30. The van der Waals surface area contributed by atoms with Crippen molar-refractivity contribution in [3.05, 3.63) is 65.0 Å². The van der Waals surface area contributed by atoms with Crippen LogP contribution in [0.1, 0.15) is 30.0 Å². The van der Waals surface area contributed by atoms with Crippen molar-refractivity contribution < 1.29 is 9.13 Å². The van der Waals surface area contributed by atoms with Crippen molar-refractivity contribution in [2.45, 2.75) is 33.4 Å². The van der Waals surface area contributed by atoms with Crippen molar-refractivity contribution in [2.75, 3.05) is 6.54 Å². The van der Waals surface area contributed by atoms with Gasteiger partial charge >= 0.3 is 0 Å². The van der Waals surface area contributed by atoms with Gasteiger partial charge in [-0.3, -0.25) is 0 Å². The molecule has 0 bridgehead atoms. The van der Waals surface area contributed by atoms with Crippen LogP contribution in [0.4, 0.5) is 4.39 Å². The van der Waals surface area contributed by atoms with Gasteiger partial charge in [-0.05, 0) is 37.1 Å². The predicted octanol–water partition coefficient (Wildman–Crippen LogP) is 4.21. The first kappa shape index (κ1) is 15.5. The lowest BCUT2D eigenvalue weighted by atomic mass is 10.1. The van der Waals surface area contributed by atoms with Crippen molar-refractivity contribution in [3.8, 4) is 5.75 Å². The molecule has 1 N–H and O–H groups in total. The molecule has 2 rings (SSSR count). The van der Waals surface area contributed by atoms with E-state index < -0.39 is 0 Å². The van der Waals surface area contributed by atoms with Crippen LogP contribution in [0.2, 0.25) is 0 Å². The summed E-state index contributed by atoms with van der Waals surface area (Å²) < 4.78 is 19.8. The summed E-state index contributed by atoms with van der Waals surface area (Å²) in [4.78, 5) is 0. The molecule has 0 unspecified atom stereocenters. The maximum Gasteiger partial charge on any atom is 0.165 e. The summed E-state index contributed by atoms with van der Waals surface area (Å²) in [6.45, 7) is 6.05. The Bertz CT molecular complexity index is 583. The largest absolute Gasteiger partial charge is 0.485 e. The molecule has 0 radical (unpaired) electrons. The van der Waals surface area contributed by atoms with Crippen molar-refractivity contribution in [2.24, 2.45) is 0 Å². The van der Waals surface area contributed by atoms with E-state index in [1.165, 1.54) is 6.07 Å². The molecular formula is C18H22FNO. The molecule has 21 heavy (non-hydrogen) atoms. The molecule has 2 aromatic rings. The number of benzene rings is 2. The van der Waals surface area contributed by atoms with Gasteiger partial charge in [0.2, 0.25) is 0 Å². The minimum atomic E-state index is -0.306. The van der Waals surface area contributed by atoms with Crippen molar-refractivity contribution in [1.82, 2.24) is 5.32 Å². The number of hydrogen-bond donors (Lipinski definition) is 1. The van der Waals surface area contributed by atoms with Gasteiger partial charge in [0.05, 0.1) is 0 Å². The standard InChI is InChI=1S/C18H22FNO/c1-3-11-20-12-15-9-6-10-17(19)18(15)21-13-16-8-5-4-7-14(16)2/h4-10,20H,3,11-13H2,1-2H3. The van der Waals surface area contributed by atoms with Crippen LogP contribution in [-0.4, -0.2) is 6.54 Å². The van der Waals surface area contributed by atoms with E-state index in [1.807, 2.05) is 37.3 Å². The summed E-state index contributed by atoms with van der Waals surface area (Å²) in [7, 11) is 0. The van der Waals surface area contributed by atoms with E-state index in [1.54, 1.807) is 6.07 Å². The third-order valence-corrected chi connectivity index (χ3v) is 3.42. The highest BCUT2D eigenvalue weighted by molar-refractivity contribution is 5.35. The first-order chi connectivity index (χ1) is 10.2. The molecule has 2 nitrogen and oxygen atoms in total. The van der Waals surface area contributed by atoms with Gasteiger partial charge in [-0.2, -0.15) is 0 Å². The molecule has 0 aliphatic carbocycles. The maximum absolute atomic E-state index is 14.0. The molecule has 112 valence electrons. The van der Waals surface area contributed by atoms with Gasteiger partial charge < -0.3 is 10.1 Å². The fraction of sp³-hybridized carbons (Fsp3) is 0.333. The zero-order valence-electron chi connectivity index (χ0n) is 12.7. The van der Waals surface area contributed by atoms with Crippen LogP contribution in [0.25, 0.3) is 0 Å². The molecule has 0 atom stereocenters. The second-order valence-electron chi connectivity index (χ2n) is 5.12. The molecule has 0 aliphatic rings. The van der Waals surface area contributed by atoms with E-state index in [-0.39, 0.29) is 5.82 Å². The molecule has 2 aromatic carbocycles. The number of aryl methyl sites for hydroxylation is 1. The predicted molar refractivity (Wildman–Crippen MR) is 83.9 cm³/mol. The monoisotopic (exact) mass is 287 g/mol. The zero-order valence-corrected chi connectivity index (χ0v) is 12.7. The molecule has 3 heteroatoms. The Labute approximate surface area is 126 Å². The number of para-hydroxylation sites is 1. The number of halogens is 1. The maximum atomic E-state index is 14.0. The topological polar surface area (TPSA) is 21.3 Å². The molecular weight excluding hydrogens is 265 g/mol. The van der Waals surface area contributed by atoms with E-state index in [9.17, 15) is 4.39 Å². The molecule has 0 heterocycles. The number of nitrogens with one attached hydrogen (secondary N) is 1. The molecule has 0 fully saturated rings. The van der Waals surface area contributed by atoms with Crippen molar-refractivity contribution >= 4 is 0 Å². The molecule has 0 aromatic heterocycles. The Morgan fingerprint density at radius 3 is 2.57 bits per heavy atom. The van der Waals surface area contributed by atoms with Gasteiger partial charge in [0, 0.05) is 12.1 Å². The van der Waals surface area contributed by atoms with E-state index >= 15 is 0 Å². The molecule has 0 saturated carbocycles. The summed E-state index contributed by atoms with van der Waals surface area (Å²) in [5.74, 6) is 0.0451. The average molecular weight is 287 g/mol. The van der Waals surface area contributed by atoms with Crippen LogP contribution >= 0.6 is 0 Å². The molecule has 0 aliphatic heterocycles. The first-order valence-electron chi connectivity index (χ1n) is 7.37. The quantitative estimate of drug-likeness (QED) is 0.770. The Morgan fingerprint density at radius 2 is 1.81 bits per heavy atom. The lowest BCUT2D eigenvalue weighted by Gasteiger charge is -2.14. The highest BCUT2D eigenvalue weighted by atomic mass is 19.1.